The minimum absolute atomic E-state index is 0.209. The number of rotatable bonds is 6. The second kappa shape index (κ2) is 7.28. The van der Waals surface area contributed by atoms with Gasteiger partial charge in [-0.1, -0.05) is 37.3 Å². The van der Waals surface area contributed by atoms with Crippen molar-refractivity contribution in [3.8, 4) is 5.75 Å². The molecule has 0 fully saturated rings. The predicted octanol–water partition coefficient (Wildman–Crippen LogP) is 4.40. The molecule has 1 atom stereocenters. The first-order chi connectivity index (χ1) is 10.2. The number of ether oxygens (including phenoxy) is 1. The minimum atomic E-state index is 0.209. The van der Waals surface area contributed by atoms with Crippen LogP contribution in [0.15, 0.2) is 42.5 Å². The average Bonchev–Trinajstić information content (AvgIpc) is 2.50. The van der Waals surface area contributed by atoms with Crippen LogP contribution in [-0.2, 0) is 0 Å². The first-order valence-electron chi connectivity index (χ1n) is 7.60. The van der Waals surface area contributed by atoms with Crippen LogP contribution in [0.1, 0.15) is 41.6 Å². The molecule has 0 bridgehead atoms. The predicted molar refractivity (Wildman–Crippen MR) is 89.0 cm³/mol. The van der Waals surface area contributed by atoms with E-state index in [1.54, 1.807) is 7.11 Å². The third kappa shape index (κ3) is 3.64. The second-order valence-corrected chi connectivity index (χ2v) is 5.47. The van der Waals surface area contributed by atoms with Gasteiger partial charge in [0.1, 0.15) is 5.75 Å². The van der Waals surface area contributed by atoms with Crippen LogP contribution in [0.3, 0.4) is 0 Å². The third-order valence-electron chi connectivity index (χ3n) is 3.86. The van der Waals surface area contributed by atoms with Gasteiger partial charge in [-0.25, -0.2) is 0 Å². The van der Waals surface area contributed by atoms with Crippen LogP contribution in [-0.4, -0.2) is 13.7 Å². The Balaban J connectivity index is 2.47. The number of methoxy groups -OCH3 is 1. The lowest BCUT2D eigenvalue weighted by Gasteiger charge is -2.24. The van der Waals surface area contributed by atoms with E-state index in [9.17, 15) is 0 Å². The molecule has 0 aliphatic carbocycles. The molecule has 0 radical (unpaired) electrons. The van der Waals surface area contributed by atoms with Crippen LogP contribution >= 0.6 is 0 Å². The lowest BCUT2D eigenvalue weighted by Crippen LogP contribution is -2.24. The molecule has 1 N–H and O–H groups in total. The molecule has 0 amide bonds. The minimum Gasteiger partial charge on any atom is -0.497 e. The number of hydrogen-bond donors (Lipinski definition) is 1. The van der Waals surface area contributed by atoms with Crippen molar-refractivity contribution in [2.75, 3.05) is 13.7 Å². The Kier molecular flexibility index (Phi) is 5.40. The summed E-state index contributed by atoms with van der Waals surface area (Å²) in [5.74, 6) is 0.905. The molecule has 0 spiro atoms. The fourth-order valence-corrected chi connectivity index (χ4v) is 2.78. The molecule has 0 aliphatic heterocycles. The number of nitrogens with one attached hydrogen (secondary N) is 1. The van der Waals surface area contributed by atoms with E-state index in [1.165, 1.54) is 22.3 Å². The molecule has 1 unspecified atom stereocenters. The van der Waals surface area contributed by atoms with Crippen molar-refractivity contribution in [3.63, 3.8) is 0 Å². The smallest absolute Gasteiger partial charge is 0.119 e. The summed E-state index contributed by atoms with van der Waals surface area (Å²) in [4.78, 5) is 0. The van der Waals surface area contributed by atoms with E-state index in [-0.39, 0.29) is 6.04 Å². The summed E-state index contributed by atoms with van der Waals surface area (Å²) in [5, 5.41) is 3.68. The van der Waals surface area contributed by atoms with Crippen LogP contribution in [0.5, 0.6) is 5.75 Å². The fraction of sp³-hybridized carbons (Fsp3) is 0.368. The molecule has 21 heavy (non-hydrogen) atoms. The molecule has 2 aromatic carbocycles. The third-order valence-corrected chi connectivity index (χ3v) is 3.86. The van der Waals surface area contributed by atoms with Gasteiger partial charge in [-0.3, -0.25) is 0 Å². The average molecular weight is 283 g/mol. The van der Waals surface area contributed by atoms with E-state index in [0.29, 0.717) is 0 Å². The van der Waals surface area contributed by atoms with Crippen LogP contribution in [0, 0.1) is 13.8 Å². The van der Waals surface area contributed by atoms with E-state index >= 15 is 0 Å². The molecule has 0 saturated heterocycles. The zero-order valence-corrected chi connectivity index (χ0v) is 13.4. The van der Waals surface area contributed by atoms with E-state index in [4.69, 9.17) is 4.74 Å². The summed E-state index contributed by atoms with van der Waals surface area (Å²) in [7, 11) is 1.71. The molecule has 0 aromatic heterocycles. The van der Waals surface area contributed by atoms with Crippen LogP contribution in [0.25, 0.3) is 0 Å². The maximum Gasteiger partial charge on any atom is 0.119 e. The van der Waals surface area contributed by atoms with Crippen LogP contribution in [0.2, 0.25) is 0 Å². The van der Waals surface area contributed by atoms with Gasteiger partial charge in [0.25, 0.3) is 0 Å². The fourth-order valence-electron chi connectivity index (χ4n) is 2.78. The zero-order valence-electron chi connectivity index (χ0n) is 13.4. The summed E-state index contributed by atoms with van der Waals surface area (Å²) in [6.45, 7) is 7.56. The number of hydrogen-bond acceptors (Lipinski definition) is 2. The van der Waals surface area contributed by atoms with Gasteiger partial charge in [0, 0.05) is 0 Å². The Morgan fingerprint density at radius 1 is 1.05 bits per heavy atom. The van der Waals surface area contributed by atoms with Gasteiger partial charge in [-0.2, -0.15) is 0 Å². The summed E-state index contributed by atoms with van der Waals surface area (Å²) in [6, 6.07) is 15.0. The van der Waals surface area contributed by atoms with Crippen LogP contribution < -0.4 is 10.1 Å². The maximum absolute atomic E-state index is 5.38. The summed E-state index contributed by atoms with van der Waals surface area (Å²) in [5.41, 5.74) is 5.28. The highest BCUT2D eigenvalue weighted by Gasteiger charge is 2.17. The monoisotopic (exact) mass is 283 g/mol. The molecule has 0 heterocycles. The lowest BCUT2D eigenvalue weighted by molar-refractivity contribution is 0.413. The molecule has 2 rings (SSSR count). The largest absolute Gasteiger partial charge is 0.497 e. The molecular weight excluding hydrogens is 258 g/mol. The first kappa shape index (κ1) is 15.6. The maximum atomic E-state index is 5.38. The van der Waals surface area contributed by atoms with E-state index in [0.717, 1.165) is 18.7 Å². The molecular formula is C19H25NO. The van der Waals surface area contributed by atoms with Crippen molar-refractivity contribution in [1.29, 1.82) is 0 Å². The standard InChI is InChI=1S/C19H25NO/c1-5-12-20-19(16-10-7-11-17(13-16)21-4)18-14(2)8-6-9-15(18)3/h6-11,13,19-20H,5,12H2,1-4H3. The van der Waals surface area contributed by atoms with Gasteiger partial charge in [-0.05, 0) is 61.2 Å². The van der Waals surface area contributed by atoms with Crippen LogP contribution in [0.4, 0.5) is 0 Å². The number of benzene rings is 2. The van der Waals surface area contributed by atoms with Crippen molar-refractivity contribution in [3.05, 3.63) is 64.7 Å². The van der Waals surface area contributed by atoms with E-state index in [2.05, 4.69) is 62.5 Å². The highest BCUT2D eigenvalue weighted by molar-refractivity contribution is 5.43. The van der Waals surface area contributed by atoms with Gasteiger partial charge >= 0.3 is 0 Å². The van der Waals surface area contributed by atoms with Crippen molar-refractivity contribution in [2.45, 2.75) is 33.2 Å². The van der Waals surface area contributed by atoms with Crippen molar-refractivity contribution in [2.24, 2.45) is 0 Å². The summed E-state index contributed by atoms with van der Waals surface area (Å²) < 4.78 is 5.38. The molecule has 0 aliphatic rings. The van der Waals surface area contributed by atoms with Gasteiger partial charge in [0.2, 0.25) is 0 Å². The second-order valence-electron chi connectivity index (χ2n) is 5.47. The molecule has 2 aromatic rings. The molecule has 2 nitrogen and oxygen atoms in total. The Labute approximate surface area is 128 Å². The van der Waals surface area contributed by atoms with E-state index in [1.807, 2.05) is 6.07 Å². The van der Waals surface area contributed by atoms with E-state index < -0.39 is 0 Å². The highest BCUT2D eigenvalue weighted by atomic mass is 16.5. The zero-order chi connectivity index (χ0) is 15.2. The Bertz CT molecular complexity index is 572. The SMILES string of the molecule is CCCNC(c1cccc(OC)c1)c1c(C)cccc1C. The molecule has 112 valence electrons. The molecule has 0 saturated carbocycles. The highest BCUT2D eigenvalue weighted by Crippen LogP contribution is 2.29. The van der Waals surface area contributed by atoms with Crippen molar-refractivity contribution >= 4 is 0 Å². The Morgan fingerprint density at radius 2 is 1.71 bits per heavy atom. The number of aryl methyl sites for hydroxylation is 2. The summed E-state index contributed by atoms with van der Waals surface area (Å²) in [6.07, 6.45) is 1.12. The lowest BCUT2D eigenvalue weighted by atomic mass is 9.91. The van der Waals surface area contributed by atoms with Crippen molar-refractivity contribution in [1.82, 2.24) is 5.32 Å². The van der Waals surface area contributed by atoms with Gasteiger partial charge in [0.05, 0.1) is 13.2 Å². The normalized spacial score (nSPS) is 12.2. The quantitative estimate of drug-likeness (QED) is 0.848. The van der Waals surface area contributed by atoms with Gasteiger partial charge in [0.15, 0.2) is 0 Å². The summed E-state index contributed by atoms with van der Waals surface area (Å²) >= 11 is 0. The van der Waals surface area contributed by atoms with Crippen molar-refractivity contribution < 1.29 is 4.74 Å². The van der Waals surface area contributed by atoms with Gasteiger partial charge in [-0.15, -0.1) is 0 Å². The topological polar surface area (TPSA) is 21.3 Å². The Hall–Kier alpha value is -1.80. The Morgan fingerprint density at radius 3 is 2.33 bits per heavy atom. The molecule has 2 heteroatoms. The van der Waals surface area contributed by atoms with Gasteiger partial charge < -0.3 is 10.1 Å². The first-order valence-corrected chi connectivity index (χ1v) is 7.60.